The third-order valence-electron chi connectivity index (χ3n) is 11.0. The first-order valence-electron chi connectivity index (χ1n) is 12.1. The smallest absolute Gasteiger partial charge is 0.333 e. The molecular weight excluding hydrogens is 360 g/mol. The lowest BCUT2D eigenvalue weighted by molar-refractivity contribution is -0.184. The molecule has 0 aromatic rings. The van der Waals surface area contributed by atoms with Gasteiger partial charge in [0, 0.05) is 11.6 Å². The predicted molar refractivity (Wildman–Crippen MR) is 114 cm³/mol. The second kappa shape index (κ2) is 6.11. The summed E-state index contributed by atoms with van der Waals surface area (Å²) >= 11 is 0. The Kier molecular flexibility index (Phi) is 4.24. The van der Waals surface area contributed by atoms with Crippen molar-refractivity contribution in [1.82, 2.24) is 0 Å². The number of aliphatic hydroxyl groups is 1. The van der Waals surface area contributed by atoms with Crippen molar-refractivity contribution in [3.8, 4) is 0 Å². The van der Waals surface area contributed by atoms with Crippen LogP contribution in [-0.4, -0.2) is 17.4 Å². The molecule has 0 unspecified atom stereocenters. The van der Waals surface area contributed by atoms with E-state index in [-0.39, 0.29) is 5.97 Å². The second-order valence-electron chi connectivity index (χ2n) is 12.8. The molecule has 1 aliphatic heterocycles. The van der Waals surface area contributed by atoms with Crippen molar-refractivity contribution in [2.24, 2.45) is 45.3 Å². The lowest BCUT2D eigenvalue weighted by Gasteiger charge is -2.67. The summed E-state index contributed by atoms with van der Waals surface area (Å²) < 4.78 is 5.04. The zero-order chi connectivity index (χ0) is 20.8. The zero-order valence-corrected chi connectivity index (χ0v) is 19.1. The van der Waals surface area contributed by atoms with Gasteiger partial charge in [0.1, 0.15) is 0 Å². The standard InChI is InChI=1S/C26H40O3/c1-23(2)9-6-10-25(4)18(23)8-12-26(5)19(25)7-11-24(3)15-16(13-20(24)26)17-14-21(27)29-22(17)28/h14,16,18-20,22,28H,6-13,15H2,1-5H3/t16-,18-,19+,20+,22-,24+,25-,26+/m0/s1. The van der Waals surface area contributed by atoms with E-state index in [1.165, 1.54) is 44.9 Å². The molecule has 162 valence electrons. The molecule has 3 heteroatoms. The summed E-state index contributed by atoms with van der Waals surface area (Å²) in [7, 11) is 0. The van der Waals surface area contributed by atoms with Crippen molar-refractivity contribution < 1.29 is 14.6 Å². The van der Waals surface area contributed by atoms with Crippen LogP contribution in [0.15, 0.2) is 11.6 Å². The fraction of sp³-hybridized carbons (Fsp3) is 0.885. The first-order chi connectivity index (χ1) is 13.5. The highest BCUT2D eigenvalue weighted by atomic mass is 16.6. The fourth-order valence-corrected chi connectivity index (χ4v) is 9.93. The van der Waals surface area contributed by atoms with Crippen molar-refractivity contribution in [2.45, 2.75) is 98.7 Å². The van der Waals surface area contributed by atoms with E-state index in [1.54, 1.807) is 6.08 Å². The maximum absolute atomic E-state index is 11.7. The molecule has 0 aromatic carbocycles. The lowest BCUT2D eigenvalue weighted by Crippen LogP contribution is -2.60. The summed E-state index contributed by atoms with van der Waals surface area (Å²) in [6.07, 6.45) is 12.4. The molecule has 0 radical (unpaired) electrons. The Morgan fingerprint density at radius 2 is 1.62 bits per heavy atom. The van der Waals surface area contributed by atoms with Crippen LogP contribution in [-0.2, 0) is 9.53 Å². The molecule has 0 spiro atoms. The number of ether oxygens (including phenoxy) is 1. The molecule has 0 saturated heterocycles. The topological polar surface area (TPSA) is 46.5 Å². The predicted octanol–water partition coefficient (Wildman–Crippen LogP) is 5.86. The molecule has 4 aliphatic carbocycles. The fourth-order valence-electron chi connectivity index (χ4n) is 9.93. The van der Waals surface area contributed by atoms with Crippen LogP contribution < -0.4 is 0 Å². The van der Waals surface area contributed by atoms with E-state index in [2.05, 4.69) is 34.6 Å². The molecule has 4 fully saturated rings. The molecule has 5 aliphatic rings. The average molecular weight is 401 g/mol. The quantitative estimate of drug-likeness (QED) is 0.561. The van der Waals surface area contributed by atoms with E-state index in [0.29, 0.717) is 33.5 Å². The third-order valence-corrected chi connectivity index (χ3v) is 11.0. The number of hydrogen-bond acceptors (Lipinski definition) is 3. The molecule has 0 amide bonds. The highest BCUT2D eigenvalue weighted by Crippen LogP contribution is 2.74. The van der Waals surface area contributed by atoms with Gasteiger partial charge in [0.05, 0.1) is 0 Å². The second-order valence-corrected chi connectivity index (χ2v) is 12.8. The zero-order valence-electron chi connectivity index (χ0n) is 19.1. The Hall–Kier alpha value is -0.830. The summed E-state index contributed by atoms with van der Waals surface area (Å²) in [6.45, 7) is 12.8. The minimum atomic E-state index is -1.01. The number of fused-ring (bicyclic) bond motifs is 5. The Morgan fingerprint density at radius 3 is 2.31 bits per heavy atom. The van der Waals surface area contributed by atoms with Gasteiger partial charge in [-0.05, 0) is 96.7 Å². The van der Waals surface area contributed by atoms with Gasteiger partial charge in [-0.25, -0.2) is 4.79 Å². The van der Waals surface area contributed by atoms with Crippen molar-refractivity contribution in [3.05, 3.63) is 11.6 Å². The van der Waals surface area contributed by atoms with Crippen LogP contribution in [0.25, 0.3) is 0 Å². The molecule has 1 heterocycles. The average Bonchev–Trinajstić information content (AvgIpc) is 3.13. The maximum atomic E-state index is 11.7. The van der Waals surface area contributed by atoms with E-state index in [1.807, 2.05) is 0 Å². The van der Waals surface area contributed by atoms with Crippen LogP contribution in [0.2, 0.25) is 0 Å². The highest BCUT2D eigenvalue weighted by molar-refractivity contribution is 5.85. The molecule has 0 bridgehead atoms. The van der Waals surface area contributed by atoms with Gasteiger partial charge in [0.2, 0.25) is 6.29 Å². The first kappa shape index (κ1) is 20.1. The summed E-state index contributed by atoms with van der Waals surface area (Å²) in [5.41, 5.74) is 2.51. The highest BCUT2D eigenvalue weighted by Gasteiger charge is 2.66. The Balaban J connectivity index is 1.48. The van der Waals surface area contributed by atoms with Gasteiger partial charge in [0.25, 0.3) is 0 Å². The monoisotopic (exact) mass is 400 g/mol. The molecule has 8 atom stereocenters. The van der Waals surface area contributed by atoms with Crippen molar-refractivity contribution in [1.29, 1.82) is 0 Å². The summed E-state index contributed by atoms with van der Waals surface area (Å²) in [5, 5.41) is 10.3. The van der Waals surface area contributed by atoms with E-state index in [0.717, 1.165) is 30.3 Å². The van der Waals surface area contributed by atoms with Gasteiger partial charge in [-0.15, -0.1) is 0 Å². The first-order valence-corrected chi connectivity index (χ1v) is 12.1. The number of carbonyl (C=O) groups is 1. The van der Waals surface area contributed by atoms with Gasteiger partial charge in [-0.3, -0.25) is 0 Å². The molecule has 4 saturated carbocycles. The minimum absolute atomic E-state index is 0.301. The third kappa shape index (κ3) is 2.68. The summed E-state index contributed by atoms with van der Waals surface area (Å²) in [5.74, 6) is 2.29. The van der Waals surface area contributed by atoms with Gasteiger partial charge in [0.15, 0.2) is 0 Å². The number of esters is 1. The van der Waals surface area contributed by atoms with E-state index in [4.69, 9.17) is 4.74 Å². The molecule has 29 heavy (non-hydrogen) atoms. The van der Waals surface area contributed by atoms with Crippen LogP contribution in [0.3, 0.4) is 0 Å². The minimum Gasteiger partial charge on any atom is -0.429 e. The Morgan fingerprint density at radius 1 is 0.931 bits per heavy atom. The lowest BCUT2D eigenvalue weighted by atomic mass is 9.37. The van der Waals surface area contributed by atoms with E-state index in [9.17, 15) is 9.90 Å². The normalized spacial score (nSPS) is 53.5. The molecular formula is C26H40O3. The molecule has 0 aromatic heterocycles. The van der Waals surface area contributed by atoms with E-state index >= 15 is 0 Å². The number of rotatable bonds is 1. The van der Waals surface area contributed by atoms with E-state index < -0.39 is 6.29 Å². The van der Waals surface area contributed by atoms with Gasteiger partial charge >= 0.3 is 5.97 Å². The molecule has 3 nitrogen and oxygen atoms in total. The van der Waals surface area contributed by atoms with Crippen LogP contribution in [0.5, 0.6) is 0 Å². The molecule has 1 N–H and O–H groups in total. The van der Waals surface area contributed by atoms with Gasteiger partial charge in [-0.2, -0.15) is 0 Å². The van der Waals surface area contributed by atoms with Crippen molar-refractivity contribution in [2.75, 3.05) is 0 Å². The van der Waals surface area contributed by atoms with Crippen LogP contribution in [0.4, 0.5) is 0 Å². The number of aliphatic hydroxyl groups excluding tert-OH is 1. The largest absolute Gasteiger partial charge is 0.429 e. The number of carbonyl (C=O) groups excluding carboxylic acids is 1. The van der Waals surface area contributed by atoms with Crippen molar-refractivity contribution in [3.63, 3.8) is 0 Å². The molecule has 5 rings (SSSR count). The van der Waals surface area contributed by atoms with Crippen LogP contribution >= 0.6 is 0 Å². The SMILES string of the molecule is CC1(C)CCC[C@]2(C)[C@H]3CC[C@]4(C)C[C@@H](C5=CC(=O)O[C@@H]5O)C[C@H]4[C@]3(C)CC[C@@H]12. The van der Waals surface area contributed by atoms with Gasteiger partial charge in [-0.1, -0.05) is 41.0 Å². The van der Waals surface area contributed by atoms with Crippen molar-refractivity contribution >= 4 is 5.97 Å². The number of hydrogen-bond donors (Lipinski definition) is 1. The number of cyclic esters (lactones) is 1. The Bertz CT molecular complexity index is 753. The summed E-state index contributed by atoms with van der Waals surface area (Å²) in [4.78, 5) is 11.7. The Labute approximate surface area is 176 Å². The summed E-state index contributed by atoms with van der Waals surface area (Å²) in [6, 6.07) is 0. The van der Waals surface area contributed by atoms with Crippen LogP contribution in [0.1, 0.15) is 92.4 Å². The van der Waals surface area contributed by atoms with Gasteiger partial charge < -0.3 is 9.84 Å². The van der Waals surface area contributed by atoms with Crippen LogP contribution in [0, 0.1) is 45.3 Å². The maximum Gasteiger partial charge on any atom is 0.333 e.